The van der Waals surface area contributed by atoms with Crippen LogP contribution in [0.2, 0.25) is 0 Å². The van der Waals surface area contributed by atoms with Gasteiger partial charge in [0.1, 0.15) is 5.82 Å². The first-order valence-electron chi connectivity index (χ1n) is 4.12. The molecule has 0 amide bonds. The molecule has 0 bridgehead atoms. The van der Waals surface area contributed by atoms with Crippen LogP contribution in [0.3, 0.4) is 0 Å². The molecule has 1 rings (SSSR count). The van der Waals surface area contributed by atoms with Crippen molar-refractivity contribution in [3.05, 3.63) is 18.2 Å². The largest absolute Gasteiger partial charge is 0.368 e. The molecule has 0 fully saturated rings. The van der Waals surface area contributed by atoms with Crippen molar-refractivity contribution in [2.75, 3.05) is 19.8 Å². The summed E-state index contributed by atoms with van der Waals surface area (Å²) in [6, 6.07) is 0. The molecule has 0 aliphatic rings. The first-order chi connectivity index (χ1) is 6.36. The third-order valence-electron chi connectivity index (χ3n) is 1.55. The van der Waals surface area contributed by atoms with Crippen LogP contribution in [0.15, 0.2) is 17.4 Å². The standard InChI is InChI=1S/C8H14N4S/c1-9-8(10-2)13-6-3-7-11-4-5-12-7/h4-5H,3,6H2,1-2H3,(H,9,10)(H,11,12). The highest BCUT2D eigenvalue weighted by Gasteiger charge is 1.98. The molecule has 13 heavy (non-hydrogen) atoms. The molecule has 0 aliphatic heterocycles. The molecule has 72 valence electrons. The van der Waals surface area contributed by atoms with E-state index >= 15 is 0 Å². The number of hydrogen-bond acceptors (Lipinski definition) is 3. The fraction of sp³-hybridized carbons (Fsp3) is 0.500. The molecular weight excluding hydrogens is 184 g/mol. The number of thioether (sulfide) groups is 1. The van der Waals surface area contributed by atoms with Crippen LogP contribution >= 0.6 is 11.8 Å². The first kappa shape index (κ1) is 10.1. The van der Waals surface area contributed by atoms with E-state index in [0.717, 1.165) is 23.2 Å². The van der Waals surface area contributed by atoms with Gasteiger partial charge in [-0.3, -0.25) is 4.99 Å². The smallest absolute Gasteiger partial charge is 0.156 e. The van der Waals surface area contributed by atoms with Crippen LogP contribution in [0, 0.1) is 0 Å². The van der Waals surface area contributed by atoms with Crippen LogP contribution in [0.5, 0.6) is 0 Å². The van der Waals surface area contributed by atoms with Crippen LogP contribution in [-0.2, 0) is 6.42 Å². The van der Waals surface area contributed by atoms with Crippen LogP contribution in [-0.4, -0.2) is 35.0 Å². The molecule has 1 aromatic heterocycles. The van der Waals surface area contributed by atoms with E-state index in [1.165, 1.54) is 0 Å². The molecule has 5 heteroatoms. The minimum absolute atomic E-state index is 0.943. The Bertz CT molecular complexity index is 255. The van der Waals surface area contributed by atoms with Gasteiger partial charge in [0.2, 0.25) is 0 Å². The molecule has 0 saturated carbocycles. The van der Waals surface area contributed by atoms with E-state index in [4.69, 9.17) is 0 Å². The van der Waals surface area contributed by atoms with Gasteiger partial charge < -0.3 is 10.3 Å². The molecule has 1 aromatic rings. The van der Waals surface area contributed by atoms with E-state index in [-0.39, 0.29) is 0 Å². The fourth-order valence-electron chi connectivity index (χ4n) is 0.928. The number of aryl methyl sites for hydroxylation is 1. The fourth-order valence-corrected chi connectivity index (χ4v) is 1.69. The van der Waals surface area contributed by atoms with Gasteiger partial charge in [-0.2, -0.15) is 0 Å². The average Bonchev–Trinajstić information content (AvgIpc) is 2.65. The summed E-state index contributed by atoms with van der Waals surface area (Å²) in [5.41, 5.74) is 0. The molecule has 0 spiro atoms. The molecular formula is C8H14N4S. The van der Waals surface area contributed by atoms with Gasteiger partial charge in [0.05, 0.1) is 0 Å². The summed E-state index contributed by atoms with van der Waals surface area (Å²) in [7, 11) is 3.66. The Kier molecular flexibility index (Phi) is 4.39. The SMILES string of the molecule is CN=C(NC)SCCc1ncc[nH]1. The van der Waals surface area contributed by atoms with Crippen molar-refractivity contribution in [1.82, 2.24) is 15.3 Å². The number of rotatable bonds is 3. The van der Waals surface area contributed by atoms with Crippen molar-refractivity contribution in [2.45, 2.75) is 6.42 Å². The molecule has 4 nitrogen and oxygen atoms in total. The highest BCUT2D eigenvalue weighted by atomic mass is 32.2. The minimum Gasteiger partial charge on any atom is -0.368 e. The predicted molar refractivity (Wildman–Crippen MR) is 57.2 cm³/mol. The van der Waals surface area contributed by atoms with Gasteiger partial charge in [0.25, 0.3) is 0 Å². The van der Waals surface area contributed by atoms with Gasteiger partial charge in [0.15, 0.2) is 5.17 Å². The maximum Gasteiger partial charge on any atom is 0.156 e. The van der Waals surface area contributed by atoms with E-state index in [9.17, 15) is 0 Å². The molecule has 2 N–H and O–H groups in total. The van der Waals surface area contributed by atoms with Crippen molar-refractivity contribution in [3.8, 4) is 0 Å². The van der Waals surface area contributed by atoms with Crippen LogP contribution < -0.4 is 5.32 Å². The average molecular weight is 198 g/mol. The zero-order chi connectivity index (χ0) is 9.52. The van der Waals surface area contributed by atoms with E-state index in [1.54, 1.807) is 25.0 Å². The number of nitrogens with one attached hydrogen (secondary N) is 2. The van der Waals surface area contributed by atoms with Crippen LogP contribution in [0.1, 0.15) is 5.82 Å². The monoisotopic (exact) mass is 198 g/mol. The summed E-state index contributed by atoms with van der Waals surface area (Å²) in [5.74, 6) is 2.01. The van der Waals surface area contributed by atoms with E-state index in [2.05, 4.69) is 20.3 Å². The van der Waals surface area contributed by atoms with Gasteiger partial charge in [-0.1, -0.05) is 11.8 Å². The van der Waals surface area contributed by atoms with Crippen LogP contribution in [0.4, 0.5) is 0 Å². The highest BCUT2D eigenvalue weighted by Crippen LogP contribution is 2.04. The molecule has 0 atom stereocenters. The third kappa shape index (κ3) is 3.50. The van der Waals surface area contributed by atoms with Crippen molar-refractivity contribution in [3.63, 3.8) is 0 Å². The second-order valence-electron chi connectivity index (χ2n) is 2.41. The normalized spacial score (nSPS) is 11.7. The Balaban J connectivity index is 2.21. The summed E-state index contributed by atoms with van der Waals surface area (Å²) >= 11 is 1.70. The van der Waals surface area contributed by atoms with Gasteiger partial charge >= 0.3 is 0 Å². The molecule has 0 aromatic carbocycles. The topological polar surface area (TPSA) is 53.1 Å². The number of aromatic amines is 1. The van der Waals surface area contributed by atoms with Crippen molar-refractivity contribution >= 4 is 16.9 Å². The molecule has 0 unspecified atom stereocenters. The lowest BCUT2D eigenvalue weighted by atomic mass is 10.5. The quantitative estimate of drug-likeness (QED) is 0.560. The Labute approximate surface area is 82.3 Å². The number of H-pyrrole nitrogens is 1. The summed E-state index contributed by atoms with van der Waals surface area (Å²) < 4.78 is 0. The molecule has 0 aliphatic carbocycles. The number of nitrogens with zero attached hydrogens (tertiary/aromatic N) is 2. The summed E-state index contributed by atoms with van der Waals surface area (Å²) in [4.78, 5) is 11.3. The third-order valence-corrected chi connectivity index (χ3v) is 2.62. The lowest BCUT2D eigenvalue weighted by molar-refractivity contribution is 1.00. The maximum atomic E-state index is 4.14. The summed E-state index contributed by atoms with van der Waals surface area (Å²) in [6.45, 7) is 0. The zero-order valence-electron chi connectivity index (χ0n) is 7.87. The van der Waals surface area contributed by atoms with E-state index < -0.39 is 0 Å². The van der Waals surface area contributed by atoms with E-state index in [0.29, 0.717) is 0 Å². The number of amidine groups is 1. The number of imidazole rings is 1. The predicted octanol–water partition coefficient (Wildman–Crippen LogP) is 0.891. The Morgan fingerprint density at radius 2 is 2.62 bits per heavy atom. The van der Waals surface area contributed by atoms with Gasteiger partial charge in [-0.25, -0.2) is 4.98 Å². The zero-order valence-corrected chi connectivity index (χ0v) is 8.69. The number of hydrogen-bond donors (Lipinski definition) is 2. The maximum absolute atomic E-state index is 4.14. The second-order valence-corrected chi connectivity index (χ2v) is 3.50. The Hall–Kier alpha value is -0.970. The van der Waals surface area contributed by atoms with Crippen molar-refractivity contribution in [2.24, 2.45) is 4.99 Å². The lowest BCUT2D eigenvalue weighted by Gasteiger charge is -2.02. The number of aromatic nitrogens is 2. The Morgan fingerprint density at radius 3 is 3.15 bits per heavy atom. The second kappa shape index (κ2) is 5.64. The highest BCUT2D eigenvalue weighted by molar-refractivity contribution is 8.13. The van der Waals surface area contributed by atoms with Crippen LogP contribution in [0.25, 0.3) is 0 Å². The molecule has 0 saturated heterocycles. The lowest BCUT2D eigenvalue weighted by Crippen LogP contribution is -2.14. The van der Waals surface area contributed by atoms with E-state index in [1.807, 2.05) is 13.2 Å². The Morgan fingerprint density at radius 1 is 1.77 bits per heavy atom. The van der Waals surface area contributed by atoms with Gasteiger partial charge in [-0.05, 0) is 0 Å². The molecule has 1 heterocycles. The van der Waals surface area contributed by atoms with Gasteiger partial charge in [0, 0.05) is 38.7 Å². The van der Waals surface area contributed by atoms with Crippen molar-refractivity contribution < 1.29 is 0 Å². The number of aliphatic imine (C=N–C) groups is 1. The first-order valence-corrected chi connectivity index (χ1v) is 5.11. The van der Waals surface area contributed by atoms with Crippen molar-refractivity contribution in [1.29, 1.82) is 0 Å². The summed E-state index contributed by atoms with van der Waals surface area (Å²) in [6.07, 6.45) is 4.55. The minimum atomic E-state index is 0.943. The molecule has 0 radical (unpaired) electrons. The van der Waals surface area contributed by atoms with Gasteiger partial charge in [-0.15, -0.1) is 0 Å². The summed E-state index contributed by atoms with van der Waals surface area (Å²) in [5, 5.41) is 3.98.